The summed E-state index contributed by atoms with van der Waals surface area (Å²) in [5.41, 5.74) is 3.83. The molecular formula is C25H38IN5O. The number of pyridine rings is 1. The average molecular weight is 552 g/mol. The van der Waals surface area contributed by atoms with E-state index in [0.717, 1.165) is 63.2 Å². The number of ether oxygens (including phenoxy) is 1. The third-order valence-corrected chi connectivity index (χ3v) is 5.77. The molecule has 0 saturated carbocycles. The summed E-state index contributed by atoms with van der Waals surface area (Å²) in [5.74, 6) is 1.85. The van der Waals surface area contributed by atoms with E-state index in [1.165, 1.54) is 11.1 Å². The number of guanidine groups is 1. The zero-order valence-corrected chi connectivity index (χ0v) is 22.2. The van der Waals surface area contributed by atoms with Crippen molar-refractivity contribution in [3.8, 4) is 0 Å². The van der Waals surface area contributed by atoms with Crippen molar-refractivity contribution in [2.24, 2.45) is 4.99 Å². The highest BCUT2D eigenvalue weighted by Gasteiger charge is 2.21. The maximum Gasteiger partial charge on any atom is 0.191 e. The average Bonchev–Trinajstić information content (AvgIpc) is 2.81. The van der Waals surface area contributed by atoms with E-state index < -0.39 is 0 Å². The quantitative estimate of drug-likeness (QED) is 0.294. The van der Waals surface area contributed by atoms with Crippen LogP contribution < -0.4 is 15.5 Å². The number of hydrogen-bond donors (Lipinski definition) is 2. The SMILES string of the molecule is CCNC(=NCc1cccnc1N1CCOCC1)NCC(C)(C)c1ccc(CC)cc1.I. The Morgan fingerprint density at radius 3 is 2.47 bits per heavy atom. The van der Waals surface area contributed by atoms with Crippen LogP contribution in [0, 0.1) is 0 Å². The van der Waals surface area contributed by atoms with Crippen LogP contribution in [0.15, 0.2) is 47.6 Å². The first-order valence-electron chi connectivity index (χ1n) is 11.4. The number of hydrogen-bond acceptors (Lipinski definition) is 4. The normalized spacial score (nSPS) is 14.6. The molecule has 0 radical (unpaired) electrons. The number of morpholine rings is 1. The number of nitrogens with one attached hydrogen (secondary N) is 2. The molecule has 2 N–H and O–H groups in total. The van der Waals surface area contributed by atoms with Gasteiger partial charge in [0.05, 0.1) is 19.8 Å². The molecule has 32 heavy (non-hydrogen) atoms. The molecule has 1 aliphatic rings. The third kappa shape index (κ3) is 7.33. The minimum Gasteiger partial charge on any atom is -0.378 e. The molecule has 1 aliphatic heterocycles. The van der Waals surface area contributed by atoms with Gasteiger partial charge in [-0.15, -0.1) is 24.0 Å². The standard InChI is InChI=1S/C25H37N5O.HI/c1-5-20-9-11-22(12-10-20)25(3,4)19-29-24(26-6-2)28-18-21-8-7-13-27-23(21)30-14-16-31-17-15-30;/h7-13H,5-6,14-19H2,1-4H3,(H2,26,28,29);1H. The van der Waals surface area contributed by atoms with Gasteiger partial charge in [-0.05, 0) is 30.5 Å². The molecule has 3 rings (SSSR count). The van der Waals surface area contributed by atoms with Gasteiger partial charge in [-0.2, -0.15) is 0 Å². The highest BCUT2D eigenvalue weighted by molar-refractivity contribution is 14.0. The second-order valence-electron chi connectivity index (χ2n) is 8.57. The van der Waals surface area contributed by atoms with Crippen LogP contribution in [0.25, 0.3) is 0 Å². The van der Waals surface area contributed by atoms with Gasteiger partial charge in [0, 0.05) is 43.4 Å². The van der Waals surface area contributed by atoms with Gasteiger partial charge in [0.25, 0.3) is 0 Å². The molecule has 0 atom stereocenters. The highest BCUT2D eigenvalue weighted by Crippen LogP contribution is 2.23. The predicted octanol–water partition coefficient (Wildman–Crippen LogP) is 4.13. The fraction of sp³-hybridized carbons (Fsp3) is 0.520. The maximum absolute atomic E-state index is 5.49. The monoisotopic (exact) mass is 551 g/mol. The lowest BCUT2D eigenvalue weighted by Crippen LogP contribution is -2.43. The van der Waals surface area contributed by atoms with Crippen LogP contribution >= 0.6 is 24.0 Å². The van der Waals surface area contributed by atoms with E-state index >= 15 is 0 Å². The van der Waals surface area contributed by atoms with Gasteiger partial charge in [0.1, 0.15) is 5.82 Å². The van der Waals surface area contributed by atoms with E-state index in [1.54, 1.807) is 0 Å². The summed E-state index contributed by atoms with van der Waals surface area (Å²) in [6.45, 7) is 14.3. The third-order valence-electron chi connectivity index (χ3n) is 5.77. The van der Waals surface area contributed by atoms with Crippen molar-refractivity contribution in [2.75, 3.05) is 44.3 Å². The fourth-order valence-corrected chi connectivity index (χ4v) is 3.72. The van der Waals surface area contributed by atoms with Crippen LogP contribution in [0.3, 0.4) is 0 Å². The number of halogens is 1. The van der Waals surface area contributed by atoms with Crippen molar-refractivity contribution in [1.82, 2.24) is 15.6 Å². The molecule has 0 aliphatic carbocycles. The summed E-state index contributed by atoms with van der Waals surface area (Å²) in [6, 6.07) is 13.0. The first kappa shape index (κ1) is 26.4. The van der Waals surface area contributed by atoms with Gasteiger partial charge >= 0.3 is 0 Å². The molecule has 1 fully saturated rings. The molecule has 0 spiro atoms. The number of aromatic nitrogens is 1. The molecule has 1 aromatic heterocycles. The van der Waals surface area contributed by atoms with Crippen LogP contribution in [0.4, 0.5) is 5.82 Å². The number of rotatable bonds is 8. The topological polar surface area (TPSA) is 61.8 Å². The van der Waals surface area contributed by atoms with Crippen LogP contribution in [0.1, 0.15) is 44.4 Å². The Morgan fingerprint density at radius 1 is 1.09 bits per heavy atom. The molecular weight excluding hydrogens is 513 g/mol. The number of benzene rings is 1. The molecule has 2 aromatic rings. The van der Waals surface area contributed by atoms with Crippen LogP contribution in [-0.2, 0) is 23.1 Å². The van der Waals surface area contributed by atoms with Gasteiger partial charge in [0.15, 0.2) is 5.96 Å². The number of anilines is 1. The molecule has 176 valence electrons. The lowest BCUT2D eigenvalue weighted by atomic mass is 9.84. The maximum atomic E-state index is 5.49. The Labute approximate surface area is 210 Å². The Hall–Kier alpha value is -1.87. The molecule has 1 aromatic carbocycles. The smallest absolute Gasteiger partial charge is 0.191 e. The van der Waals surface area contributed by atoms with Crippen LogP contribution in [-0.4, -0.2) is 50.3 Å². The second kappa shape index (κ2) is 13.0. The number of aliphatic imine (C=N–C) groups is 1. The Balaban J connectivity index is 0.00000363. The molecule has 0 bridgehead atoms. The fourth-order valence-electron chi connectivity index (χ4n) is 3.72. The van der Waals surface area contributed by atoms with E-state index in [4.69, 9.17) is 9.73 Å². The van der Waals surface area contributed by atoms with Crippen molar-refractivity contribution >= 4 is 35.8 Å². The van der Waals surface area contributed by atoms with E-state index in [-0.39, 0.29) is 29.4 Å². The number of aryl methyl sites for hydroxylation is 1. The summed E-state index contributed by atoms with van der Waals surface area (Å²) in [4.78, 5) is 11.8. The van der Waals surface area contributed by atoms with Gasteiger partial charge in [-0.1, -0.05) is 51.1 Å². The predicted molar refractivity (Wildman–Crippen MR) is 144 cm³/mol. The lowest BCUT2D eigenvalue weighted by Gasteiger charge is -2.29. The number of nitrogens with zero attached hydrogens (tertiary/aromatic N) is 3. The first-order valence-corrected chi connectivity index (χ1v) is 11.4. The van der Waals surface area contributed by atoms with Gasteiger partial charge < -0.3 is 20.3 Å². The van der Waals surface area contributed by atoms with Crippen molar-refractivity contribution in [1.29, 1.82) is 0 Å². The Kier molecular flexibility index (Phi) is 10.7. The molecule has 6 nitrogen and oxygen atoms in total. The van der Waals surface area contributed by atoms with Gasteiger partial charge in [0.2, 0.25) is 0 Å². The summed E-state index contributed by atoms with van der Waals surface area (Å²) in [5, 5.41) is 6.92. The van der Waals surface area contributed by atoms with Crippen molar-refractivity contribution in [3.05, 3.63) is 59.3 Å². The zero-order chi connectivity index (χ0) is 22.1. The van der Waals surface area contributed by atoms with Crippen molar-refractivity contribution < 1.29 is 4.74 Å². The summed E-state index contributed by atoms with van der Waals surface area (Å²) < 4.78 is 5.49. The zero-order valence-electron chi connectivity index (χ0n) is 19.9. The minimum absolute atomic E-state index is 0. The minimum atomic E-state index is -0.00424. The largest absolute Gasteiger partial charge is 0.378 e. The molecule has 7 heteroatoms. The molecule has 0 amide bonds. The van der Waals surface area contributed by atoms with E-state index in [9.17, 15) is 0 Å². The lowest BCUT2D eigenvalue weighted by molar-refractivity contribution is 0.122. The Morgan fingerprint density at radius 2 is 1.81 bits per heavy atom. The van der Waals surface area contributed by atoms with E-state index in [1.807, 2.05) is 12.3 Å². The summed E-state index contributed by atoms with van der Waals surface area (Å²) in [6.07, 6.45) is 2.92. The van der Waals surface area contributed by atoms with Gasteiger partial charge in [-0.3, -0.25) is 0 Å². The van der Waals surface area contributed by atoms with Crippen molar-refractivity contribution in [2.45, 2.75) is 46.1 Å². The van der Waals surface area contributed by atoms with E-state index in [2.05, 4.69) is 78.5 Å². The molecule has 1 saturated heterocycles. The molecule has 2 heterocycles. The molecule has 0 unspecified atom stereocenters. The first-order chi connectivity index (χ1) is 15.0. The van der Waals surface area contributed by atoms with Crippen LogP contribution in [0.2, 0.25) is 0 Å². The van der Waals surface area contributed by atoms with E-state index in [0.29, 0.717) is 6.54 Å². The Bertz CT molecular complexity index is 848. The summed E-state index contributed by atoms with van der Waals surface area (Å²) in [7, 11) is 0. The van der Waals surface area contributed by atoms with Gasteiger partial charge in [-0.25, -0.2) is 9.98 Å². The highest BCUT2D eigenvalue weighted by atomic mass is 127. The van der Waals surface area contributed by atoms with Crippen LogP contribution in [0.5, 0.6) is 0 Å². The van der Waals surface area contributed by atoms with Crippen molar-refractivity contribution in [3.63, 3.8) is 0 Å². The second-order valence-corrected chi connectivity index (χ2v) is 8.57. The summed E-state index contributed by atoms with van der Waals surface area (Å²) >= 11 is 0.